The molecule has 6 nitrogen and oxygen atoms in total. The van der Waals surface area contributed by atoms with Gasteiger partial charge in [0.15, 0.2) is 0 Å². The first-order valence-corrected chi connectivity index (χ1v) is 13.5. The van der Waals surface area contributed by atoms with Gasteiger partial charge >= 0.3 is 0 Å². The average molecular weight is 690 g/mol. The van der Waals surface area contributed by atoms with Gasteiger partial charge in [0.25, 0.3) is 0 Å². The second kappa shape index (κ2) is 11.8. The zero-order valence-corrected chi connectivity index (χ0v) is 24.1. The summed E-state index contributed by atoms with van der Waals surface area (Å²) in [6.07, 6.45) is 3.38. The highest BCUT2D eigenvalue weighted by Crippen LogP contribution is 2.47. The van der Waals surface area contributed by atoms with Gasteiger partial charge in [-0.1, -0.05) is 79.3 Å². The molecule has 0 aliphatic rings. The Morgan fingerprint density at radius 3 is 2.39 bits per heavy atom. The van der Waals surface area contributed by atoms with E-state index in [2.05, 4.69) is 41.9 Å². The number of carbonyl (C=O) groups excluding carboxylic acids is 1. The molecule has 198 valence electrons. The monoisotopic (exact) mass is 687 g/mol. The van der Waals surface area contributed by atoms with Crippen LogP contribution in [0.2, 0.25) is 10.0 Å². The highest BCUT2D eigenvalue weighted by atomic mass is 79.9. The lowest BCUT2D eigenvalue weighted by molar-refractivity contribution is -0.107. The largest absolute Gasteiger partial charge is 0.490 e. The van der Waals surface area contributed by atoms with Crippen molar-refractivity contribution in [2.45, 2.75) is 21.3 Å². The first-order chi connectivity index (χ1) is 18.1. The number of rotatable bonds is 10. The lowest BCUT2D eigenvalue weighted by Crippen LogP contribution is -2.39. The van der Waals surface area contributed by atoms with Gasteiger partial charge in [-0.15, -0.1) is 0 Å². The minimum atomic E-state index is -1.90. The summed E-state index contributed by atoms with van der Waals surface area (Å²) in [5.41, 5.74) is -0.778. The zero-order valence-electron chi connectivity index (χ0n) is 19.4. The number of ether oxygens (including phenoxy) is 1. The van der Waals surface area contributed by atoms with Crippen LogP contribution in [0.4, 0.5) is 8.78 Å². The Labute approximate surface area is 243 Å². The lowest BCUT2D eigenvalue weighted by Gasteiger charge is -2.32. The number of carbonyl (C=O) groups is 1. The summed E-state index contributed by atoms with van der Waals surface area (Å²) in [6.45, 7) is -0.579. The van der Waals surface area contributed by atoms with Crippen molar-refractivity contribution in [1.82, 2.24) is 14.8 Å². The summed E-state index contributed by atoms with van der Waals surface area (Å²) < 4.78 is 34.3. The van der Waals surface area contributed by atoms with E-state index in [-0.39, 0.29) is 18.7 Å². The minimum absolute atomic E-state index is 0.156. The van der Waals surface area contributed by atoms with E-state index >= 15 is 0 Å². The van der Waals surface area contributed by atoms with Crippen LogP contribution < -0.4 is 4.74 Å². The molecule has 1 heterocycles. The normalized spacial score (nSPS) is 15.3. The molecule has 0 aliphatic heterocycles. The van der Waals surface area contributed by atoms with Gasteiger partial charge in [0.2, 0.25) is 0 Å². The van der Waals surface area contributed by atoms with Crippen LogP contribution in [0.15, 0.2) is 73.3 Å². The van der Waals surface area contributed by atoms with Crippen LogP contribution in [-0.2, 0) is 21.3 Å². The van der Waals surface area contributed by atoms with E-state index < -0.39 is 26.4 Å². The second-order valence-corrected chi connectivity index (χ2v) is 11.5. The number of halogens is 6. The van der Waals surface area contributed by atoms with Crippen LogP contribution in [0.1, 0.15) is 16.7 Å². The van der Waals surface area contributed by atoms with Gasteiger partial charge in [0.1, 0.15) is 48.5 Å². The SMILES string of the molecule is O=CC(Br)C(Br)(c1ccc(OCC(O)(Cn2cncn2)c2ccc(F)cc2F)cc1)c1ccc(Cl)cc1Cl. The molecule has 0 bridgehead atoms. The molecule has 0 fully saturated rings. The Morgan fingerprint density at radius 1 is 1.08 bits per heavy atom. The number of aliphatic hydroxyl groups is 1. The molecule has 0 radical (unpaired) electrons. The Kier molecular flexibility index (Phi) is 8.89. The summed E-state index contributed by atoms with van der Waals surface area (Å²) in [5, 5.41) is 16.2. The predicted octanol–water partition coefficient (Wildman–Crippen LogP) is 6.43. The predicted molar refractivity (Wildman–Crippen MR) is 147 cm³/mol. The summed E-state index contributed by atoms with van der Waals surface area (Å²) in [7, 11) is 0. The van der Waals surface area contributed by atoms with Gasteiger partial charge in [-0.05, 0) is 41.5 Å². The fourth-order valence-corrected chi connectivity index (χ4v) is 5.90. The first kappa shape index (κ1) is 28.6. The van der Waals surface area contributed by atoms with Crippen LogP contribution in [-0.4, -0.2) is 37.6 Å². The summed E-state index contributed by atoms with van der Waals surface area (Å²) in [6, 6.07) is 14.6. The Hall–Kier alpha value is -2.37. The van der Waals surface area contributed by atoms with E-state index in [1.165, 1.54) is 23.4 Å². The fourth-order valence-electron chi connectivity index (χ4n) is 4.00. The van der Waals surface area contributed by atoms with E-state index in [0.717, 1.165) is 12.4 Å². The number of aldehydes is 1. The number of hydrogen-bond acceptors (Lipinski definition) is 5. The van der Waals surface area contributed by atoms with Gasteiger partial charge in [0, 0.05) is 21.7 Å². The first-order valence-electron chi connectivity index (χ1n) is 11.0. The van der Waals surface area contributed by atoms with Gasteiger partial charge in [-0.2, -0.15) is 5.10 Å². The number of alkyl halides is 2. The minimum Gasteiger partial charge on any atom is -0.490 e. The summed E-state index contributed by atoms with van der Waals surface area (Å²) in [5.74, 6) is -1.35. The van der Waals surface area contributed by atoms with Gasteiger partial charge in [-0.3, -0.25) is 0 Å². The Balaban J connectivity index is 1.63. The zero-order chi connectivity index (χ0) is 27.5. The van der Waals surface area contributed by atoms with E-state index in [1.807, 2.05) is 0 Å². The molecule has 4 aromatic rings. The topological polar surface area (TPSA) is 77.2 Å². The van der Waals surface area contributed by atoms with Gasteiger partial charge < -0.3 is 14.6 Å². The van der Waals surface area contributed by atoms with Crippen LogP contribution in [0.3, 0.4) is 0 Å². The van der Waals surface area contributed by atoms with Crippen molar-refractivity contribution in [3.63, 3.8) is 0 Å². The van der Waals surface area contributed by atoms with Crippen LogP contribution in [0, 0.1) is 11.6 Å². The smallest absolute Gasteiger partial charge is 0.146 e. The van der Waals surface area contributed by atoms with Crippen molar-refractivity contribution in [3.05, 3.63) is 112 Å². The van der Waals surface area contributed by atoms with Crippen molar-refractivity contribution in [2.75, 3.05) is 6.61 Å². The molecule has 12 heteroatoms. The molecule has 3 unspecified atom stereocenters. The molecule has 4 rings (SSSR count). The molecule has 0 amide bonds. The third kappa shape index (κ3) is 5.94. The molecule has 3 aromatic carbocycles. The van der Waals surface area contributed by atoms with Crippen LogP contribution >= 0.6 is 55.1 Å². The van der Waals surface area contributed by atoms with Crippen molar-refractivity contribution in [1.29, 1.82) is 0 Å². The van der Waals surface area contributed by atoms with Crippen LogP contribution in [0.25, 0.3) is 0 Å². The maximum absolute atomic E-state index is 14.7. The second-order valence-electron chi connectivity index (χ2n) is 8.44. The molecule has 1 N–H and O–H groups in total. The number of benzene rings is 3. The Bertz CT molecular complexity index is 1430. The molecule has 0 saturated heterocycles. The van der Waals surface area contributed by atoms with E-state index in [0.29, 0.717) is 33.0 Å². The highest BCUT2D eigenvalue weighted by molar-refractivity contribution is 9.12. The maximum atomic E-state index is 14.7. The molecule has 0 spiro atoms. The number of hydrogen-bond donors (Lipinski definition) is 1. The molecular weight excluding hydrogens is 671 g/mol. The molecule has 1 aromatic heterocycles. The van der Waals surface area contributed by atoms with Crippen molar-refractivity contribution >= 4 is 61.3 Å². The molecule has 0 aliphatic carbocycles. The number of aromatic nitrogens is 3. The van der Waals surface area contributed by atoms with E-state index in [1.54, 1.807) is 42.5 Å². The highest BCUT2D eigenvalue weighted by Gasteiger charge is 2.40. The number of nitrogens with zero attached hydrogens (tertiary/aromatic N) is 3. The van der Waals surface area contributed by atoms with Crippen molar-refractivity contribution < 1.29 is 23.4 Å². The fraction of sp³-hybridized carbons (Fsp3) is 0.192. The van der Waals surface area contributed by atoms with Gasteiger partial charge in [-0.25, -0.2) is 18.4 Å². The lowest BCUT2D eigenvalue weighted by atomic mass is 9.88. The molecule has 0 saturated carbocycles. The average Bonchev–Trinajstić information content (AvgIpc) is 3.39. The third-order valence-corrected chi connectivity index (χ3v) is 9.34. The maximum Gasteiger partial charge on any atom is 0.146 e. The summed E-state index contributed by atoms with van der Waals surface area (Å²) >= 11 is 19.6. The van der Waals surface area contributed by atoms with E-state index in [4.69, 9.17) is 27.9 Å². The molecular formula is C26H19Br2Cl2F2N3O3. The molecule has 38 heavy (non-hydrogen) atoms. The van der Waals surface area contributed by atoms with Crippen molar-refractivity contribution in [3.8, 4) is 5.75 Å². The van der Waals surface area contributed by atoms with E-state index in [9.17, 15) is 18.7 Å². The van der Waals surface area contributed by atoms with Gasteiger partial charge in [0.05, 0.1) is 15.7 Å². The van der Waals surface area contributed by atoms with Crippen molar-refractivity contribution in [2.24, 2.45) is 0 Å². The standard InChI is InChI=1S/C26H19Br2Cl2F2N3O3/c27-24(11-36)26(28,20-7-3-17(29)9-22(20)30)16-1-5-19(6-2-16)38-13-25(37,12-35-15-33-14-34-35)21-8-4-18(31)10-23(21)32/h1-11,14-15,24,37H,12-13H2. The summed E-state index contributed by atoms with van der Waals surface area (Å²) in [4.78, 5) is 14.9. The molecule has 3 atom stereocenters. The van der Waals surface area contributed by atoms with Crippen LogP contribution in [0.5, 0.6) is 5.75 Å². The Morgan fingerprint density at radius 2 is 1.79 bits per heavy atom. The quantitative estimate of drug-likeness (QED) is 0.154. The third-order valence-electron chi connectivity index (χ3n) is 5.90.